The second-order valence-electron chi connectivity index (χ2n) is 8.95. The predicted octanol–water partition coefficient (Wildman–Crippen LogP) is 2.03. The third kappa shape index (κ3) is 8.61. The van der Waals surface area contributed by atoms with E-state index in [2.05, 4.69) is 29.0 Å². The molecule has 0 aromatic carbocycles. The number of carbonyl (C=O) groups excluding carboxylic acids is 1. The first-order valence-corrected chi connectivity index (χ1v) is 12.4. The van der Waals surface area contributed by atoms with Crippen molar-refractivity contribution < 1.29 is 14.3 Å². The van der Waals surface area contributed by atoms with Crippen LogP contribution in [0.3, 0.4) is 0 Å². The number of nitrogens with zero attached hydrogens (tertiary/aromatic N) is 4. The van der Waals surface area contributed by atoms with Crippen molar-refractivity contribution in [3.05, 3.63) is 0 Å². The summed E-state index contributed by atoms with van der Waals surface area (Å²) in [5.74, 6) is 1.95. The second-order valence-corrected chi connectivity index (χ2v) is 8.95. The SMILES string of the molecule is CCNC(=NCCCOCC1CCOCC1)N1CCN(C(C)C(=O)N2CCCC2)CC1.I. The van der Waals surface area contributed by atoms with Crippen LogP contribution in [0.2, 0.25) is 0 Å². The number of nitrogens with one attached hydrogen (secondary N) is 1. The molecule has 32 heavy (non-hydrogen) atoms. The van der Waals surface area contributed by atoms with Crippen LogP contribution in [0.15, 0.2) is 4.99 Å². The lowest BCUT2D eigenvalue weighted by molar-refractivity contribution is -0.135. The largest absolute Gasteiger partial charge is 0.381 e. The minimum atomic E-state index is -0.0207. The fourth-order valence-electron chi connectivity index (χ4n) is 4.62. The van der Waals surface area contributed by atoms with Gasteiger partial charge >= 0.3 is 0 Å². The molecule has 0 aliphatic carbocycles. The van der Waals surface area contributed by atoms with Crippen molar-refractivity contribution in [2.24, 2.45) is 10.9 Å². The third-order valence-corrected chi connectivity index (χ3v) is 6.67. The Kier molecular flexibility index (Phi) is 13.2. The number of piperazine rings is 1. The molecule has 1 atom stereocenters. The molecule has 3 aliphatic rings. The molecular formula is C23H44IN5O3. The first-order valence-electron chi connectivity index (χ1n) is 12.4. The van der Waals surface area contributed by atoms with Gasteiger partial charge in [-0.25, -0.2) is 0 Å². The van der Waals surface area contributed by atoms with E-state index >= 15 is 0 Å². The standard InChI is InChI=1S/C23H43N5O3.HI/c1-3-24-23(25-9-6-16-31-19-21-7-17-30-18-8-21)28-14-12-26(13-15-28)20(2)22(29)27-10-4-5-11-27;/h20-21H,3-19H2,1-2H3,(H,24,25);1H. The molecule has 8 nitrogen and oxygen atoms in total. The topological polar surface area (TPSA) is 69.6 Å². The van der Waals surface area contributed by atoms with Crippen LogP contribution in [0.5, 0.6) is 0 Å². The molecule has 3 saturated heterocycles. The number of rotatable bonds is 9. The highest BCUT2D eigenvalue weighted by Crippen LogP contribution is 2.15. The molecular weight excluding hydrogens is 521 g/mol. The van der Waals surface area contributed by atoms with Crippen molar-refractivity contribution in [3.8, 4) is 0 Å². The molecule has 0 aromatic rings. The number of likely N-dealkylation sites (tertiary alicyclic amines) is 1. The maximum absolute atomic E-state index is 12.7. The number of amides is 1. The molecule has 3 heterocycles. The summed E-state index contributed by atoms with van der Waals surface area (Å²) in [6.45, 7) is 14.7. The molecule has 1 amide bonds. The first kappa shape index (κ1) is 27.6. The summed E-state index contributed by atoms with van der Waals surface area (Å²) in [6.07, 6.45) is 5.48. The summed E-state index contributed by atoms with van der Waals surface area (Å²) in [6, 6.07) is -0.0207. The van der Waals surface area contributed by atoms with Crippen molar-refractivity contribution in [3.63, 3.8) is 0 Å². The van der Waals surface area contributed by atoms with E-state index in [9.17, 15) is 4.79 Å². The Hall–Kier alpha value is -0.650. The molecule has 3 fully saturated rings. The van der Waals surface area contributed by atoms with Gasteiger partial charge in [-0.05, 0) is 51.9 Å². The first-order chi connectivity index (χ1) is 15.2. The smallest absolute Gasteiger partial charge is 0.239 e. The zero-order valence-electron chi connectivity index (χ0n) is 20.1. The number of ether oxygens (including phenoxy) is 2. The summed E-state index contributed by atoms with van der Waals surface area (Å²) >= 11 is 0. The van der Waals surface area contributed by atoms with E-state index in [4.69, 9.17) is 14.5 Å². The van der Waals surface area contributed by atoms with E-state index in [0.717, 1.165) is 117 Å². The molecule has 3 rings (SSSR count). The van der Waals surface area contributed by atoms with Crippen LogP contribution in [-0.2, 0) is 14.3 Å². The van der Waals surface area contributed by atoms with Gasteiger partial charge < -0.3 is 24.6 Å². The van der Waals surface area contributed by atoms with Gasteiger partial charge in [0.15, 0.2) is 5.96 Å². The number of hydrogen-bond acceptors (Lipinski definition) is 5. The maximum atomic E-state index is 12.7. The van der Waals surface area contributed by atoms with Crippen LogP contribution in [0.1, 0.15) is 46.0 Å². The summed E-state index contributed by atoms with van der Waals surface area (Å²) in [5, 5.41) is 3.43. The average Bonchev–Trinajstić information content (AvgIpc) is 3.35. The quantitative estimate of drug-likeness (QED) is 0.200. The van der Waals surface area contributed by atoms with Crippen molar-refractivity contribution in [1.29, 1.82) is 0 Å². The predicted molar refractivity (Wildman–Crippen MR) is 139 cm³/mol. The Bertz CT molecular complexity index is 560. The molecule has 1 N–H and O–H groups in total. The lowest BCUT2D eigenvalue weighted by atomic mass is 10.0. The zero-order valence-corrected chi connectivity index (χ0v) is 22.4. The van der Waals surface area contributed by atoms with Crippen molar-refractivity contribution in [2.45, 2.75) is 52.0 Å². The van der Waals surface area contributed by atoms with Crippen molar-refractivity contribution in [1.82, 2.24) is 20.0 Å². The monoisotopic (exact) mass is 565 g/mol. The summed E-state index contributed by atoms with van der Waals surface area (Å²) in [4.78, 5) is 24.2. The Labute approximate surface area is 211 Å². The Morgan fingerprint density at radius 3 is 2.44 bits per heavy atom. The van der Waals surface area contributed by atoms with Gasteiger partial charge in [-0.3, -0.25) is 14.7 Å². The van der Waals surface area contributed by atoms with Crippen LogP contribution in [-0.4, -0.2) is 111 Å². The number of carbonyl (C=O) groups is 1. The molecule has 3 aliphatic heterocycles. The minimum absolute atomic E-state index is 0. The highest BCUT2D eigenvalue weighted by Gasteiger charge is 2.30. The molecule has 186 valence electrons. The van der Waals surface area contributed by atoms with E-state index in [-0.39, 0.29) is 30.0 Å². The normalized spacial score (nSPS) is 22.0. The van der Waals surface area contributed by atoms with Gasteiger partial charge in [0.25, 0.3) is 0 Å². The lowest BCUT2D eigenvalue weighted by Crippen LogP contribution is -2.57. The zero-order chi connectivity index (χ0) is 21.9. The van der Waals surface area contributed by atoms with Crippen molar-refractivity contribution in [2.75, 3.05) is 78.8 Å². The number of hydrogen-bond donors (Lipinski definition) is 1. The highest BCUT2D eigenvalue weighted by molar-refractivity contribution is 14.0. The van der Waals surface area contributed by atoms with Gasteiger partial charge in [0.1, 0.15) is 0 Å². The number of halogens is 1. The average molecular weight is 566 g/mol. The van der Waals surface area contributed by atoms with Gasteiger partial charge in [-0.2, -0.15) is 0 Å². The van der Waals surface area contributed by atoms with Crippen LogP contribution >= 0.6 is 24.0 Å². The van der Waals surface area contributed by atoms with Gasteiger partial charge in [-0.1, -0.05) is 0 Å². The van der Waals surface area contributed by atoms with E-state index in [1.807, 2.05) is 4.90 Å². The van der Waals surface area contributed by atoms with Crippen molar-refractivity contribution >= 4 is 35.8 Å². The molecule has 1 unspecified atom stereocenters. The van der Waals surface area contributed by atoms with Gasteiger partial charge in [0, 0.05) is 78.8 Å². The van der Waals surface area contributed by atoms with Crippen LogP contribution in [0, 0.1) is 5.92 Å². The Balaban J connectivity index is 0.00000363. The van der Waals surface area contributed by atoms with Gasteiger partial charge in [0.2, 0.25) is 5.91 Å². The molecule has 0 saturated carbocycles. The second kappa shape index (κ2) is 15.3. The van der Waals surface area contributed by atoms with E-state index < -0.39 is 0 Å². The summed E-state index contributed by atoms with van der Waals surface area (Å²) in [7, 11) is 0. The van der Waals surface area contributed by atoms with E-state index in [1.54, 1.807) is 0 Å². The number of aliphatic imine (C=N–C) groups is 1. The molecule has 0 spiro atoms. The van der Waals surface area contributed by atoms with Crippen LogP contribution in [0.25, 0.3) is 0 Å². The fourth-order valence-corrected chi connectivity index (χ4v) is 4.62. The van der Waals surface area contributed by atoms with E-state index in [0.29, 0.717) is 11.8 Å². The maximum Gasteiger partial charge on any atom is 0.239 e. The number of guanidine groups is 1. The van der Waals surface area contributed by atoms with Crippen LogP contribution in [0.4, 0.5) is 0 Å². The van der Waals surface area contributed by atoms with Gasteiger partial charge in [0.05, 0.1) is 6.04 Å². The minimum Gasteiger partial charge on any atom is -0.381 e. The molecule has 0 radical (unpaired) electrons. The Morgan fingerprint density at radius 2 is 1.78 bits per heavy atom. The molecule has 9 heteroatoms. The molecule has 0 aromatic heterocycles. The fraction of sp³-hybridized carbons (Fsp3) is 0.913. The molecule has 0 bridgehead atoms. The lowest BCUT2D eigenvalue weighted by Gasteiger charge is -2.39. The summed E-state index contributed by atoms with van der Waals surface area (Å²) < 4.78 is 11.3. The van der Waals surface area contributed by atoms with Crippen LogP contribution < -0.4 is 5.32 Å². The van der Waals surface area contributed by atoms with Gasteiger partial charge in [-0.15, -0.1) is 24.0 Å². The third-order valence-electron chi connectivity index (χ3n) is 6.67. The summed E-state index contributed by atoms with van der Waals surface area (Å²) in [5.41, 5.74) is 0. The van der Waals surface area contributed by atoms with E-state index in [1.165, 1.54) is 0 Å². The Morgan fingerprint density at radius 1 is 1.09 bits per heavy atom. The highest BCUT2D eigenvalue weighted by atomic mass is 127.